The zero-order chi connectivity index (χ0) is 18.6. The minimum atomic E-state index is -0.410. The van der Waals surface area contributed by atoms with Crippen LogP contribution in [0, 0.1) is 0 Å². The second-order valence-electron chi connectivity index (χ2n) is 6.76. The fraction of sp³-hybridized carbons (Fsp3) is 0.545. The Morgan fingerprint density at radius 1 is 0.885 bits per heavy atom. The molecule has 26 heavy (non-hydrogen) atoms. The molecule has 1 heterocycles. The van der Waals surface area contributed by atoms with E-state index in [2.05, 4.69) is 16.9 Å². The first-order chi connectivity index (χ1) is 12.7. The highest BCUT2D eigenvalue weighted by atomic mass is 16.5. The summed E-state index contributed by atoms with van der Waals surface area (Å²) in [5.74, 6) is 1.39. The summed E-state index contributed by atoms with van der Waals surface area (Å²) in [4.78, 5) is 8.79. The minimum Gasteiger partial charge on any atom is -0.490 e. The SMILES string of the molecule is CCCCCCCCCOc1cnc(-c2ccc(C(O)CC)cc2)nc1. The molecule has 0 fully saturated rings. The summed E-state index contributed by atoms with van der Waals surface area (Å²) in [6.07, 6.45) is 12.7. The summed E-state index contributed by atoms with van der Waals surface area (Å²) < 4.78 is 5.73. The van der Waals surface area contributed by atoms with Crippen LogP contribution in [-0.4, -0.2) is 21.7 Å². The molecule has 1 N–H and O–H groups in total. The van der Waals surface area contributed by atoms with Crippen molar-refractivity contribution >= 4 is 0 Å². The summed E-state index contributed by atoms with van der Waals surface area (Å²) in [5.41, 5.74) is 1.86. The second kappa shape index (κ2) is 11.6. The van der Waals surface area contributed by atoms with Crippen molar-refractivity contribution in [3.05, 3.63) is 42.2 Å². The lowest BCUT2D eigenvalue weighted by atomic mass is 10.1. The van der Waals surface area contributed by atoms with Gasteiger partial charge in [-0.25, -0.2) is 9.97 Å². The Balaban J connectivity index is 1.74. The van der Waals surface area contributed by atoms with Gasteiger partial charge in [-0.05, 0) is 18.4 Å². The molecule has 0 radical (unpaired) electrons. The van der Waals surface area contributed by atoms with E-state index < -0.39 is 6.10 Å². The van der Waals surface area contributed by atoms with Crippen molar-refractivity contribution in [3.8, 4) is 17.1 Å². The first kappa shape index (κ1) is 20.4. The standard InChI is InChI=1S/C22H32N2O2/c1-3-5-6-7-8-9-10-15-26-20-16-23-22(24-17-20)19-13-11-18(12-14-19)21(25)4-2/h11-14,16-17,21,25H,3-10,15H2,1-2H3. The lowest BCUT2D eigenvalue weighted by Crippen LogP contribution is -1.99. The summed E-state index contributed by atoms with van der Waals surface area (Å²) in [7, 11) is 0. The maximum Gasteiger partial charge on any atom is 0.159 e. The van der Waals surface area contributed by atoms with E-state index >= 15 is 0 Å². The second-order valence-corrected chi connectivity index (χ2v) is 6.76. The van der Waals surface area contributed by atoms with Crippen molar-refractivity contribution in [1.29, 1.82) is 0 Å². The fourth-order valence-electron chi connectivity index (χ4n) is 2.88. The van der Waals surface area contributed by atoms with Gasteiger partial charge in [-0.1, -0.05) is 76.6 Å². The molecule has 0 spiro atoms. The molecule has 0 aliphatic rings. The Morgan fingerprint density at radius 2 is 1.50 bits per heavy atom. The van der Waals surface area contributed by atoms with Crippen LogP contribution in [0.25, 0.3) is 11.4 Å². The van der Waals surface area contributed by atoms with Crippen LogP contribution in [0.5, 0.6) is 5.75 Å². The minimum absolute atomic E-state index is 0.410. The lowest BCUT2D eigenvalue weighted by molar-refractivity contribution is 0.173. The number of ether oxygens (including phenoxy) is 1. The number of nitrogens with zero attached hydrogens (tertiary/aromatic N) is 2. The average molecular weight is 357 g/mol. The molecule has 1 aromatic carbocycles. The van der Waals surface area contributed by atoms with Crippen LogP contribution in [0.15, 0.2) is 36.7 Å². The predicted molar refractivity (Wildman–Crippen MR) is 106 cm³/mol. The van der Waals surface area contributed by atoms with Gasteiger partial charge in [0.1, 0.15) is 0 Å². The molecule has 1 atom stereocenters. The summed E-state index contributed by atoms with van der Waals surface area (Å²) >= 11 is 0. The Morgan fingerprint density at radius 3 is 2.12 bits per heavy atom. The first-order valence-electron chi connectivity index (χ1n) is 9.97. The molecule has 142 valence electrons. The first-order valence-corrected chi connectivity index (χ1v) is 9.97. The smallest absolute Gasteiger partial charge is 0.159 e. The third-order valence-electron chi connectivity index (χ3n) is 4.59. The van der Waals surface area contributed by atoms with Crippen molar-refractivity contribution in [1.82, 2.24) is 9.97 Å². The molecule has 0 aliphatic carbocycles. The molecule has 1 unspecified atom stereocenters. The number of aromatic nitrogens is 2. The van der Waals surface area contributed by atoms with Crippen LogP contribution in [0.1, 0.15) is 76.9 Å². The van der Waals surface area contributed by atoms with Gasteiger partial charge in [0.2, 0.25) is 0 Å². The van der Waals surface area contributed by atoms with E-state index in [0.717, 1.165) is 29.9 Å². The van der Waals surface area contributed by atoms with Gasteiger partial charge in [-0.2, -0.15) is 0 Å². The summed E-state index contributed by atoms with van der Waals surface area (Å²) in [6, 6.07) is 7.75. The van der Waals surface area contributed by atoms with Crippen LogP contribution in [0.3, 0.4) is 0 Å². The quantitative estimate of drug-likeness (QED) is 0.494. The molecule has 0 aliphatic heterocycles. The highest BCUT2D eigenvalue weighted by Gasteiger charge is 2.06. The number of aliphatic hydroxyl groups is 1. The monoisotopic (exact) mass is 356 g/mol. The van der Waals surface area contributed by atoms with E-state index in [0.29, 0.717) is 12.2 Å². The lowest BCUT2D eigenvalue weighted by Gasteiger charge is -2.09. The Kier molecular flexibility index (Phi) is 9.11. The van der Waals surface area contributed by atoms with Gasteiger partial charge < -0.3 is 9.84 Å². The highest BCUT2D eigenvalue weighted by molar-refractivity contribution is 5.55. The third kappa shape index (κ3) is 6.75. The van der Waals surface area contributed by atoms with Crippen LogP contribution in [0.2, 0.25) is 0 Å². The fourth-order valence-corrected chi connectivity index (χ4v) is 2.88. The number of benzene rings is 1. The van der Waals surface area contributed by atoms with Crippen molar-refractivity contribution in [3.63, 3.8) is 0 Å². The van der Waals surface area contributed by atoms with E-state index in [9.17, 15) is 5.11 Å². The molecule has 1 aromatic heterocycles. The highest BCUT2D eigenvalue weighted by Crippen LogP contribution is 2.21. The number of unbranched alkanes of at least 4 members (excludes halogenated alkanes) is 6. The van der Waals surface area contributed by atoms with Crippen molar-refractivity contribution in [2.45, 2.75) is 71.3 Å². The molecule has 0 saturated carbocycles. The predicted octanol–water partition coefficient (Wildman–Crippen LogP) is 5.72. The van der Waals surface area contributed by atoms with Gasteiger partial charge in [-0.3, -0.25) is 0 Å². The van der Waals surface area contributed by atoms with Gasteiger partial charge in [0, 0.05) is 5.56 Å². The van der Waals surface area contributed by atoms with Crippen molar-refractivity contribution in [2.75, 3.05) is 6.61 Å². The molecule has 2 rings (SSSR count). The van der Waals surface area contributed by atoms with Crippen molar-refractivity contribution < 1.29 is 9.84 Å². The molecule has 0 amide bonds. The van der Waals surface area contributed by atoms with Gasteiger partial charge in [0.05, 0.1) is 25.1 Å². The zero-order valence-electron chi connectivity index (χ0n) is 16.2. The van der Waals surface area contributed by atoms with Gasteiger partial charge in [0.25, 0.3) is 0 Å². The maximum absolute atomic E-state index is 9.85. The van der Waals surface area contributed by atoms with Crippen LogP contribution >= 0.6 is 0 Å². The zero-order valence-corrected chi connectivity index (χ0v) is 16.2. The largest absolute Gasteiger partial charge is 0.490 e. The molecule has 4 heteroatoms. The number of aliphatic hydroxyl groups excluding tert-OH is 1. The topological polar surface area (TPSA) is 55.2 Å². The van der Waals surface area contributed by atoms with Crippen molar-refractivity contribution in [2.24, 2.45) is 0 Å². The van der Waals surface area contributed by atoms with Gasteiger partial charge in [-0.15, -0.1) is 0 Å². The van der Waals surface area contributed by atoms with E-state index in [4.69, 9.17) is 4.74 Å². The van der Waals surface area contributed by atoms with E-state index in [1.54, 1.807) is 12.4 Å². The Hall–Kier alpha value is -1.94. The molecule has 2 aromatic rings. The third-order valence-corrected chi connectivity index (χ3v) is 4.59. The maximum atomic E-state index is 9.85. The number of rotatable bonds is 12. The van der Waals surface area contributed by atoms with Gasteiger partial charge in [0.15, 0.2) is 11.6 Å². The van der Waals surface area contributed by atoms with Crippen LogP contribution in [0.4, 0.5) is 0 Å². The van der Waals surface area contributed by atoms with Crippen LogP contribution in [-0.2, 0) is 0 Å². The molecule has 0 bridgehead atoms. The summed E-state index contributed by atoms with van der Waals surface area (Å²) in [6.45, 7) is 4.93. The average Bonchev–Trinajstić information content (AvgIpc) is 2.70. The van der Waals surface area contributed by atoms with E-state index in [1.165, 1.54) is 38.5 Å². The number of hydrogen-bond acceptors (Lipinski definition) is 4. The van der Waals surface area contributed by atoms with E-state index in [1.807, 2.05) is 31.2 Å². The summed E-state index contributed by atoms with van der Waals surface area (Å²) in [5, 5.41) is 9.85. The Bertz CT molecular complexity index is 611. The number of hydrogen-bond donors (Lipinski definition) is 1. The molecule has 4 nitrogen and oxygen atoms in total. The van der Waals surface area contributed by atoms with Crippen LogP contribution < -0.4 is 4.74 Å². The molecule has 0 saturated heterocycles. The molecular formula is C22H32N2O2. The normalized spacial score (nSPS) is 12.1. The Labute approximate surface area is 157 Å². The van der Waals surface area contributed by atoms with Gasteiger partial charge >= 0.3 is 0 Å². The molecular weight excluding hydrogens is 324 g/mol. The van der Waals surface area contributed by atoms with E-state index in [-0.39, 0.29) is 0 Å².